The Morgan fingerprint density at radius 3 is 2.64 bits per heavy atom. The second-order valence-electron chi connectivity index (χ2n) is 2.62. The summed E-state index contributed by atoms with van der Waals surface area (Å²) in [5.74, 6) is -0.265. The Hall–Kier alpha value is -0.573. The second-order valence-corrected chi connectivity index (χ2v) is 3.62. The topological polar surface area (TPSA) is 26.3 Å². The summed E-state index contributed by atoms with van der Waals surface area (Å²) >= 11 is 0. The Bertz CT molecular complexity index is 143. The van der Waals surface area contributed by atoms with Gasteiger partial charge in [-0.2, -0.15) is 0 Å². The molecule has 0 rings (SSSR count). The van der Waals surface area contributed by atoms with Crippen molar-refractivity contribution < 1.29 is 9.53 Å². The summed E-state index contributed by atoms with van der Waals surface area (Å²) in [6.07, 6.45) is 2.16. The highest BCUT2D eigenvalue weighted by Gasteiger charge is 2.00. The van der Waals surface area contributed by atoms with Crippen molar-refractivity contribution in [1.29, 1.82) is 0 Å². The van der Waals surface area contributed by atoms with Gasteiger partial charge in [-0.3, -0.25) is 0 Å². The van der Waals surface area contributed by atoms with E-state index < -0.39 is 0 Å². The van der Waals surface area contributed by atoms with E-state index in [4.69, 9.17) is 4.74 Å². The van der Waals surface area contributed by atoms with Crippen LogP contribution in [-0.2, 0) is 9.53 Å². The molecule has 0 spiro atoms. The van der Waals surface area contributed by atoms with E-state index in [1.807, 2.05) is 0 Å². The highest BCUT2D eigenvalue weighted by molar-refractivity contribution is 6.08. The van der Waals surface area contributed by atoms with Crippen LogP contribution in [-0.4, -0.2) is 22.8 Å². The fraction of sp³-hybridized carbons (Fsp3) is 0.625. The first kappa shape index (κ1) is 10.4. The number of rotatable bonds is 5. The molecule has 0 aromatic heterocycles. The molecule has 0 saturated heterocycles. The molecule has 0 fully saturated rings. The molecule has 0 unspecified atom stereocenters. The average molecular weight is 172 g/mol. The molecule has 0 radical (unpaired) electrons. The third-order valence-electron chi connectivity index (χ3n) is 1.33. The highest BCUT2D eigenvalue weighted by Crippen LogP contribution is 1.96. The van der Waals surface area contributed by atoms with Crippen molar-refractivity contribution in [3.8, 4) is 0 Å². The van der Waals surface area contributed by atoms with Crippen molar-refractivity contribution in [2.75, 3.05) is 6.61 Å². The first-order valence-electron chi connectivity index (χ1n) is 4.01. The van der Waals surface area contributed by atoms with Gasteiger partial charge >= 0.3 is 5.97 Å². The van der Waals surface area contributed by atoms with Crippen LogP contribution in [0.25, 0.3) is 0 Å². The molecular weight excluding hydrogens is 156 g/mol. The predicted molar refractivity (Wildman–Crippen MR) is 49.8 cm³/mol. The fourth-order valence-electron chi connectivity index (χ4n) is 0.640. The van der Waals surface area contributed by atoms with Gasteiger partial charge in [0, 0.05) is 15.8 Å². The summed E-state index contributed by atoms with van der Waals surface area (Å²) in [5.41, 5.74) is 0.482. The van der Waals surface area contributed by atoms with E-state index in [2.05, 4.69) is 6.58 Å². The zero-order valence-corrected chi connectivity index (χ0v) is 9.35. The molecule has 0 amide bonds. The van der Waals surface area contributed by atoms with Crippen LogP contribution in [0.4, 0.5) is 0 Å². The maximum atomic E-state index is 10.8. The lowest BCUT2D eigenvalue weighted by molar-refractivity contribution is -0.139. The number of unbranched alkanes of at least 4 members (excludes halogenated alkanes) is 1. The lowest BCUT2D eigenvalue weighted by atomic mass is 10.3. The molecule has 64 valence electrons. The van der Waals surface area contributed by atoms with Crippen LogP contribution in [0.2, 0.25) is 6.04 Å². The van der Waals surface area contributed by atoms with Gasteiger partial charge in [0.1, 0.15) is 0 Å². The van der Waals surface area contributed by atoms with Gasteiger partial charge in [0.05, 0.1) is 6.61 Å². The van der Waals surface area contributed by atoms with Crippen molar-refractivity contribution >= 4 is 16.2 Å². The molecule has 0 aliphatic rings. The molecule has 11 heavy (non-hydrogen) atoms. The predicted octanol–water partition coefficient (Wildman–Crippen LogP) is 0.670. The van der Waals surface area contributed by atoms with Crippen LogP contribution in [0.15, 0.2) is 12.2 Å². The van der Waals surface area contributed by atoms with E-state index >= 15 is 0 Å². The van der Waals surface area contributed by atoms with Crippen LogP contribution in [0.3, 0.4) is 0 Å². The van der Waals surface area contributed by atoms with Crippen LogP contribution < -0.4 is 0 Å². The van der Waals surface area contributed by atoms with Crippen LogP contribution >= 0.6 is 0 Å². The number of hydrogen-bond donors (Lipinski definition) is 0. The SMILES string of the molecule is C=C(C)C(=O)OCCCC[SiH3]. The van der Waals surface area contributed by atoms with Gasteiger partial charge in [-0.15, -0.1) is 0 Å². The summed E-state index contributed by atoms with van der Waals surface area (Å²) in [6, 6.07) is 1.28. The number of carbonyl (C=O) groups excluding carboxylic acids is 1. The molecule has 0 aromatic carbocycles. The maximum absolute atomic E-state index is 10.8. The molecule has 3 heteroatoms. The lowest BCUT2D eigenvalue weighted by Crippen LogP contribution is -2.05. The summed E-state index contributed by atoms with van der Waals surface area (Å²) in [5, 5.41) is 0. The summed E-state index contributed by atoms with van der Waals surface area (Å²) in [7, 11) is 1.24. The molecule has 0 saturated carbocycles. The highest BCUT2D eigenvalue weighted by atomic mass is 28.1. The van der Waals surface area contributed by atoms with Gasteiger partial charge in [0.25, 0.3) is 0 Å². The van der Waals surface area contributed by atoms with E-state index in [0.717, 1.165) is 6.42 Å². The monoisotopic (exact) mass is 172 g/mol. The number of ether oxygens (including phenoxy) is 1. The molecule has 0 N–H and O–H groups in total. The third kappa shape index (κ3) is 5.85. The lowest BCUT2D eigenvalue weighted by Gasteiger charge is -2.02. The van der Waals surface area contributed by atoms with Crippen LogP contribution in [0.1, 0.15) is 19.8 Å². The van der Waals surface area contributed by atoms with E-state index in [1.165, 1.54) is 22.7 Å². The van der Waals surface area contributed by atoms with E-state index in [1.54, 1.807) is 6.92 Å². The average Bonchev–Trinajstić information content (AvgIpc) is 1.97. The third-order valence-corrected chi connectivity index (χ3v) is 2.04. The molecule has 0 aliphatic heterocycles. The molecule has 0 atom stereocenters. The minimum absolute atomic E-state index is 0.265. The molecule has 0 aromatic rings. The number of carbonyl (C=O) groups is 1. The zero-order chi connectivity index (χ0) is 8.69. The van der Waals surface area contributed by atoms with Crippen LogP contribution in [0.5, 0.6) is 0 Å². The minimum atomic E-state index is -0.265. The molecule has 0 aliphatic carbocycles. The van der Waals surface area contributed by atoms with Crippen LogP contribution in [0, 0.1) is 0 Å². The van der Waals surface area contributed by atoms with Gasteiger partial charge < -0.3 is 4.74 Å². The first-order valence-corrected chi connectivity index (χ1v) is 5.42. The Labute approximate surface area is 71.1 Å². The van der Waals surface area contributed by atoms with Crippen molar-refractivity contribution in [3.05, 3.63) is 12.2 Å². The second kappa shape index (κ2) is 6.16. The summed E-state index contributed by atoms with van der Waals surface area (Å²) in [4.78, 5) is 10.8. The Balaban J connectivity index is 3.25. The van der Waals surface area contributed by atoms with Crippen molar-refractivity contribution in [3.63, 3.8) is 0 Å². The summed E-state index contributed by atoms with van der Waals surface area (Å²) < 4.78 is 4.88. The van der Waals surface area contributed by atoms with Crippen molar-refractivity contribution in [2.24, 2.45) is 0 Å². The largest absolute Gasteiger partial charge is 0.462 e. The fourth-order valence-corrected chi connectivity index (χ4v) is 1.14. The van der Waals surface area contributed by atoms with Crippen molar-refractivity contribution in [1.82, 2.24) is 0 Å². The first-order chi connectivity index (χ1) is 5.18. The number of hydrogen-bond acceptors (Lipinski definition) is 2. The molecular formula is C8H16O2Si. The standard InChI is InChI=1S/C8H16O2Si/c1-7(2)8(9)10-5-3-4-6-11/h1,3-6H2,2,11H3. The minimum Gasteiger partial charge on any atom is -0.462 e. The number of esters is 1. The normalized spacial score (nSPS) is 9.55. The van der Waals surface area contributed by atoms with Gasteiger partial charge in [-0.25, -0.2) is 4.79 Å². The maximum Gasteiger partial charge on any atom is 0.333 e. The Morgan fingerprint density at radius 2 is 2.18 bits per heavy atom. The van der Waals surface area contributed by atoms with Crippen molar-refractivity contribution in [2.45, 2.75) is 25.8 Å². The molecule has 0 bridgehead atoms. The van der Waals surface area contributed by atoms with E-state index in [-0.39, 0.29) is 5.97 Å². The molecule has 2 nitrogen and oxygen atoms in total. The zero-order valence-electron chi connectivity index (χ0n) is 7.35. The van der Waals surface area contributed by atoms with Gasteiger partial charge in [0.2, 0.25) is 0 Å². The smallest absolute Gasteiger partial charge is 0.333 e. The van der Waals surface area contributed by atoms with E-state index in [9.17, 15) is 4.79 Å². The van der Waals surface area contributed by atoms with Gasteiger partial charge in [-0.1, -0.05) is 19.0 Å². The van der Waals surface area contributed by atoms with Gasteiger partial charge in [0.15, 0.2) is 0 Å². The molecule has 0 heterocycles. The summed E-state index contributed by atoms with van der Waals surface area (Å²) in [6.45, 7) is 5.70. The Morgan fingerprint density at radius 1 is 1.55 bits per heavy atom. The van der Waals surface area contributed by atoms with E-state index in [0.29, 0.717) is 12.2 Å². The quantitative estimate of drug-likeness (QED) is 0.264. The van der Waals surface area contributed by atoms with Gasteiger partial charge in [-0.05, 0) is 13.3 Å². The Kier molecular flexibility index (Phi) is 5.84.